The third-order valence-corrected chi connectivity index (χ3v) is 5.61. The second-order valence-corrected chi connectivity index (χ2v) is 7.59. The minimum atomic E-state index is -0.591. The number of fused-ring (bicyclic) bond motifs is 1. The zero-order chi connectivity index (χ0) is 19.1. The van der Waals surface area contributed by atoms with Crippen molar-refractivity contribution in [2.24, 2.45) is 4.99 Å². The summed E-state index contributed by atoms with van der Waals surface area (Å²) in [5, 5.41) is 25.3. The summed E-state index contributed by atoms with van der Waals surface area (Å²) >= 11 is 1.62. The summed E-state index contributed by atoms with van der Waals surface area (Å²) < 4.78 is 1.19. The number of aromatic amines is 1. The third kappa shape index (κ3) is 5.30. The average Bonchev–Trinajstić information content (AvgIpc) is 3.29. The molecule has 4 N–H and O–H groups in total. The molecule has 1 aromatic carbocycles. The lowest BCUT2D eigenvalue weighted by Crippen LogP contribution is -2.38. The molecule has 27 heavy (non-hydrogen) atoms. The van der Waals surface area contributed by atoms with Crippen LogP contribution in [0.15, 0.2) is 41.5 Å². The van der Waals surface area contributed by atoms with Crippen molar-refractivity contribution in [2.75, 3.05) is 19.6 Å². The Kier molecular flexibility index (Phi) is 6.84. The highest BCUT2D eigenvalue weighted by molar-refractivity contribution is 7.19. The number of thiophene rings is 1. The quantitative estimate of drug-likeness (QED) is 0.273. The molecule has 2 heterocycles. The first-order valence-corrected chi connectivity index (χ1v) is 10.2. The van der Waals surface area contributed by atoms with Gasteiger partial charge in [-0.1, -0.05) is 18.2 Å². The predicted octanol–water partition coefficient (Wildman–Crippen LogP) is 3.15. The summed E-state index contributed by atoms with van der Waals surface area (Å²) in [4.78, 5) is 5.49. The Hall–Kier alpha value is -2.38. The van der Waals surface area contributed by atoms with Crippen molar-refractivity contribution in [3.05, 3.63) is 52.7 Å². The van der Waals surface area contributed by atoms with Crippen molar-refractivity contribution < 1.29 is 5.11 Å². The highest BCUT2D eigenvalue weighted by Gasteiger charge is 2.11. The Balaban J connectivity index is 1.52. The second-order valence-electron chi connectivity index (χ2n) is 6.47. The number of H-pyrrole nitrogens is 1. The number of aliphatic imine (C=N–C) groups is 1. The number of benzene rings is 1. The van der Waals surface area contributed by atoms with Gasteiger partial charge in [-0.05, 0) is 49.8 Å². The molecule has 0 radical (unpaired) electrons. The zero-order valence-corrected chi connectivity index (χ0v) is 16.6. The number of aliphatic hydroxyl groups is 1. The number of nitrogens with zero attached hydrogens (tertiary/aromatic N) is 2. The van der Waals surface area contributed by atoms with Gasteiger partial charge in [-0.15, -0.1) is 11.3 Å². The molecular formula is C20H27N5OS. The van der Waals surface area contributed by atoms with E-state index >= 15 is 0 Å². The minimum Gasteiger partial charge on any atom is -0.386 e. The summed E-state index contributed by atoms with van der Waals surface area (Å²) in [6.07, 6.45) is 3.25. The first kappa shape index (κ1) is 19.4. The van der Waals surface area contributed by atoms with E-state index < -0.39 is 6.10 Å². The highest BCUT2D eigenvalue weighted by atomic mass is 32.1. The zero-order valence-electron chi connectivity index (χ0n) is 15.8. The van der Waals surface area contributed by atoms with Crippen LogP contribution in [-0.4, -0.2) is 40.9 Å². The van der Waals surface area contributed by atoms with Crippen LogP contribution in [0.1, 0.15) is 35.6 Å². The van der Waals surface area contributed by atoms with Crippen molar-refractivity contribution in [3.63, 3.8) is 0 Å². The molecule has 1 atom stereocenters. The van der Waals surface area contributed by atoms with Gasteiger partial charge in [-0.3, -0.25) is 10.1 Å². The summed E-state index contributed by atoms with van der Waals surface area (Å²) in [6, 6.07) is 10.2. The lowest BCUT2D eigenvalue weighted by Gasteiger charge is -2.12. The van der Waals surface area contributed by atoms with Gasteiger partial charge in [0.1, 0.15) is 6.10 Å². The Morgan fingerprint density at radius 3 is 2.93 bits per heavy atom. The normalized spacial score (nSPS) is 13.1. The second kappa shape index (κ2) is 9.53. The Bertz CT molecular complexity index is 852. The fourth-order valence-corrected chi connectivity index (χ4v) is 3.93. The van der Waals surface area contributed by atoms with Crippen LogP contribution in [0.5, 0.6) is 0 Å². The van der Waals surface area contributed by atoms with E-state index in [1.165, 1.54) is 15.6 Å². The van der Waals surface area contributed by atoms with Crippen LogP contribution in [-0.2, 0) is 6.42 Å². The third-order valence-electron chi connectivity index (χ3n) is 4.39. The van der Waals surface area contributed by atoms with Gasteiger partial charge in [0.2, 0.25) is 0 Å². The molecule has 1 unspecified atom stereocenters. The first-order chi connectivity index (χ1) is 13.2. The monoisotopic (exact) mass is 385 g/mol. The standard InChI is InChI=1S/C20H27N5OS/c1-3-21-20(22-10-6-8-16-12-24-25-14(16)2)23-13-17(26)19-11-15-7-4-5-9-18(15)27-19/h4-5,7,9,11-12,17,26H,3,6,8,10,13H2,1-2H3,(H,24,25)(H2,21,22,23). The maximum Gasteiger partial charge on any atom is 0.191 e. The van der Waals surface area contributed by atoms with E-state index in [2.05, 4.69) is 38.0 Å². The smallest absolute Gasteiger partial charge is 0.191 e. The SMILES string of the molecule is CCNC(=NCC(O)c1cc2ccccc2s1)NCCCc1cn[nH]c1C. The van der Waals surface area contributed by atoms with Crippen molar-refractivity contribution in [2.45, 2.75) is 32.8 Å². The van der Waals surface area contributed by atoms with Gasteiger partial charge in [0.05, 0.1) is 12.7 Å². The number of nitrogens with one attached hydrogen (secondary N) is 3. The van der Waals surface area contributed by atoms with Crippen molar-refractivity contribution in [1.82, 2.24) is 20.8 Å². The van der Waals surface area contributed by atoms with Gasteiger partial charge in [-0.25, -0.2) is 0 Å². The predicted molar refractivity (Wildman–Crippen MR) is 112 cm³/mol. The van der Waals surface area contributed by atoms with Crippen LogP contribution in [0.4, 0.5) is 0 Å². The van der Waals surface area contributed by atoms with Crippen molar-refractivity contribution in [3.8, 4) is 0 Å². The molecule has 0 aliphatic rings. The molecule has 2 aromatic heterocycles. The topological polar surface area (TPSA) is 85.3 Å². The van der Waals surface area contributed by atoms with Crippen molar-refractivity contribution in [1.29, 1.82) is 0 Å². The molecule has 0 spiro atoms. The van der Waals surface area contributed by atoms with E-state index in [0.29, 0.717) is 6.54 Å². The lowest BCUT2D eigenvalue weighted by molar-refractivity contribution is 0.191. The summed E-state index contributed by atoms with van der Waals surface area (Å²) in [7, 11) is 0. The van der Waals surface area contributed by atoms with Crippen LogP contribution in [0.25, 0.3) is 10.1 Å². The fraction of sp³-hybridized carbons (Fsp3) is 0.400. The van der Waals surface area contributed by atoms with E-state index in [1.54, 1.807) is 11.3 Å². The summed E-state index contributed by atoms with van der Waals surface area (Å²) in [5.41, 5.74) is 2.38. The maximum atomic E-state index is 10.5. The molecule has 3 rings (SSSR count). The Labute approximate surface area is 163 Å². The summed E-state index contributed by atoms with van der Waals surface area (Å²) in [5.74, 6) is 0.738. The fourth-order valence-electron chi connectivity index (χ4n) is 2.89. The number of aliphatic hydroxyl groups excluding tert-OH is 1. The number of hydrogen-bond donors (Lipinski definition) is 4. The van der Waals surface area contributed by atoms with Gasteiger partial charge >= 0.3 is 0 Å². The molecular weight excluding hydrogens is 358 g/mol. The van der Waals surface area contributed by atoms with E-state index in [1.807, 2.05) is 38.2 Å². The van der Waals surface area contributed by atoms with E-state index in [-0.39, 0.29) is 0 Å². The van der Waals surface area contributed by atoms with Gasteiger partial charge in [-0.2, -0.15) is 5.10 Å². The molecule has 3 aromatic rings. The molecule has 6 nitrogen and oxygen atoms in total. The van der Waals surface area contributed by atoms with Crippen LogP contribution >= 0.6 is 11.3 Å². The van der Waals surface area contributed by atoms with Crippen LogP contribution in [0.3, 0.4) is 0 Å². The maximum absolute atomic E-state index is 10.5. The van der Waals surface area contributed by atoms with E-state index in [0.717, 1.165) is 42.5 Å². The Morgan fingerprint density at radius 2 is 2.19 bits per heavy atom. The molecule has 144 valence electrons. The van der Waals surface area contributed by atoms with Crippen LogP contribution in [0.2, 0.25) is 0 Å². The lowest BCUT2D eigenvalue weighted by atomic mass is 10.1. The molecule has 0 amide bonds. The van der Waals surface area contributed by atoms with Crippen LogP contribution in [0, 0.1) is 6.92 Å². The number of rotatable bonds is 8. The van der Waals surface area contributed by atoms with Gasteiger partial charge in [0.15, 0.2) is 5.96 Å². The highest BCUT2D eigenvalue weighted by Crippen LogP contribution is 2.29. The molecule has 0 aliphatic carbocycles. The number of hydrogen-bond acceptors (Lipinski definition) is 4. The molecule has 0 fully saturated rings. The molecule has 7 heteroatoms. The average molecular weight is 386 g/mol. The summed E-state index contributed by atoms with van der Waals surface area (Å²) in [6.45, 7) is 6.01. The number of guanidine groups is 1. The molecule has 0 saturated heterocycles. The molecule has 0 saturated carbocycles. The number of aryl methyl sites for hydroxylation is 2. The van der Waals surface area contributed by atoms with Crippen molar-refractivity contribution >= 4 is 27.4 Å². The van der Waals surface area contributed by atoms with Gasteiger partial charge in [0, 0.05) is 28.4 Å². The van der Waals surface area contributed by atoms with Crippen LogP contribution < -0.4 is 10.6 Å². The molecule has 0 bridgehead atoms. The van der Waals surface area contributed by atoms with E-state index in [4.69, 9.17) is 0 Å². The van der Waals surface area contributed by atoms with E-state index in [9.17, 15) is 5.11 Å². The van der Waals surface area contributed by atoms with Gasteiger partial charge < -0.3 is 15.7 Å². The number of aromatic nitrogens is 2. The molecule has 0 aliphatic heterocycles. The minimum absolute atomic E-state index is 0.336. The first-order valence-electron chi connectivity index (χ1n) is 9.35. The largest absolute Gasteiger partial charge is 0.386 e. The Morgan fingerprint density at radius 1 is 1.33 bits per heavy atom. The van der Waals surface area contributed by atoms with Gasteiger partial charge in [0.25, 0.3) is 0 Å².